The zero-order chi connectivity index (χ0) is 14.0. The molecule has 4 nitrogen and oxygen atoms in total. The molecule has 0 bridgehead atoms. The quantitative estimate of drug-likeness (QED) is 0.706. The Hall–Kier alpha value is -0.880. The molecule has 1 aromatic rings. The Labute approximate surface area is 122 Å². The molecular formula is C13H21N3OS2. The van der Waals surface area contributed by atoms with Crippen molar-refractivity contribution in [2.24, 2.45) is 5.92 Å². The van der Waals surface area contributed by atoms with Crippen LogP contribution >= 0.6 is 23.1 Å². The minimum absolute atomic E-state index is 0.0765. The van der Waals surface area contributed by atoms with E-state index in [1.54, 1.807) is 11.8 Å². The molecule has 1 atom stereocenters. The van der Waals surface area contributed by atoms with E-state index >= 15 is 0 Å². The maximum atomic E-state index is 12.0. The molecule has 1 aliphatic carbocycles. The van der Waals surface area contributed by atoms with Crippen LogP contribution in [-0.4, -0.2) is 24.7 Å². The molecule has 0 spiro atoms. The van der Waals surface area contributed by atoms with Crippen LogP contribution in [0.2, 0.25) is 0 Å². The van der Waals surface area contributed by atoms with Gasteiger partial charge in [0.1, 0.15) is 9.88 Å². The highest BCUT2D eigenvalue weighted by Gasteiger charge is 2.29. The lowest BCUT2D eigenvalue weighted by atomic mass is 10.2. The zero-order valence-electron chi connectivity index (χ0n) is 11.6. The second-order valence-corrected chi connectivity index (χ2v) is 6.67. The molecule has 0 aliphatic heterocycles. The maximum absolute atomic E-state index is 12.0. The number of thioether (sulfide) groups is 1. The molecule has 1 heterocycles. The molecule has 1 amide bonds. The number of hydrogen-bond donors (Lipinski definition) is 3. The first-order valence-corrected chi connectivity index (χ1v) is 8.63. The average molecular weight is 299 g/mol. The molecule has 4 N–H and O–H groups in total. The fourth-order valence-electron chi connectivity index (χ4n) is 2.06. The van der Waals surface area contributed by atoms with Crippen molar-refractivity contribution >= 4 is 39.7 Å². The average Bonchev–Trinajstić information content (AvgIpc) is 3.16. The summed E-state index contributed by atoms with van der Waals surface area (Å²) in [5.41, 5.74) is 6.71. The summed E-state index contributed by atoms with van der Waals surface area (Å²) in [7, 11) is 0. The smallest absolute Gasteiger partial charge is 0.263 e. The summed E-state index contributed by atoms with van der Waals surface area (Å²) in [5, 5.41) is 7.36. The van der Waals surface area contributed by atoms with Gasteiger partial charge in [0, 0.05) is 12.6 Å². The van der Waals surface area contributed by atoms with E-state index in [9.17, 15) is 4.79 Å². The lowest BCUT2D eigenvalue weighted by Gasteiger charge is -2.13. The van der Waals surface area contributed by atoms with E-state index in [0.29, 0.717) is 23.2 Å². The zero-order valence-corrected chi connectivity index (χ0v) is 13.2. The largest absolute Gasteiger partial charge is 0.396 e. The van der Waals surface area contributed by atoms with Gasteiger partial charge in [-0.25, -0.2) is 0 Å². The van der Waals surface area contributed by atoms with Gasteiger partial charge in [0.25, 0.3) is 5.91 Å². The minimum atomic E-state index is -0.0765. The first kappa shape index (κ1) is 14.5. The highest BCUT2D eigenvalue weighted by Crippen LogP contribution is 2.43. The Morgan fingerprint density at radius 2 is 2.26 bits per heavy atom. The monoisotopic (exact) mass is 299 g/mol. The van der Waals surface area contributed by atoms with Crippen LogP contribution in [0.1, 0.15) is 36.4 Å². The molecule has 1 aromatic heterocycles. The Balaban J connectivity index is 2.21. The Bertz CT molecular complexity index is 469. The van der Waals surface area contributed by atoms with Crippen molar-refractivity contribution in [1.29, 1.82) is 0 Å². The lowest BCUT2D eigenvalue weighted by Crippen LogP contribution is -2.22. The van der Waals surface area contributed by atoms with Gasteiger partial charge in [-0.1, -0.05) is 0 Å². The first-order chi connectivity index (χ1) is 9.08. The van der Waals surface area contributed by atoms with Crippen LogP contribution in [0.15, 0.2) is 4.90 Å². The van der Waals surface area contributed by atoms with Crippen molar-refractivity contribution < 1.29 is 4.79 Å². The van der Waals surface area contributed by atoms with Gasteiger partial charge >= 0.3 is 0 Å². The second-order valence-electron chi connectivity index (χ2n) is 4.84. The van der Waals surface area contributed by atoms with Crippen LogP contribution < -0.4 is 16.4 Å². The second kappa shape index (κ2) is 6.05. The number of rotatable bonds is 6. The van der Waals surface area contributed by atoms with Crippen LogP contribution in [0.4, 0.5) is 10.7 Å². The first-order valence-electron chi connectivity index (χ1n) is 6.59. The SMILES string of the molecule is CCNC(=O)c1sc(NC(C)C2CC2)c(SC)c1N. The highest BCUT2D eigenvalue weighted by molar-refractivity contribution is 7.99. The van der Waals surface area contributed by atoms with E-state index in [4.69, 9.17) is 5.73 Å². The van der Waals surface area contributed by atoms with E-state index in [2.05, 4.69) is 17.6 Å². The summed E-state index contributed by atoms with van der Waals surface area (Å²) in [6, 6.07) is 0.450. The summed E-state index contributed by atoms with van der Waals surface area (Å²) >= 11 is 3.06. The summed E-state index contributed by atoms with van der Waals surface area (Å²) in [5.74, 6) is 0.693. The molecule has 19 heavy (non-hydrogen) atoms. The summed E-state index contributed by atoms with van der Waals surface area (Å²) in [4.78, 5) is 13.6. The van der Waals surface area contributed by atoms with E-state index in [-0.39, 0.29) is 5.91 Å². The Kier molecular flexibility index (Phi) is 4.62. The third kappa shape index (κ3) is 3.17. The Morgan fingerprint density at radius 3 is 2.79 bits per heavy atom. The van der Waals surface area contributed by atoms with Gasteiger partial charge in [-0.3, -0.25) is 4.79 Å². The summed E-state index contributed by atoms with van der Waals surface area (Å²) in [6.07, 6.45) is 4.59. The number of hydrogen-bond acceptors (Lipinski definition) is 5. The molecule has 1 saturated carbocycles. The van der Waals surface area contributed by atoms with E-state index < -0.39 is 0 Å². The van der Waals surface area contributed by atoms with E-state index in [1.165, 1.54) is 24.2 Å². The molecule has 1 unspecified atom stereocenters. The summed E-state index contributed by atoms with van der Waals surface area (Å²) in [6.45, 7) is 4.72. The molecule has 2 rings (SSSR count). The fourth-order valence-corrected chi connectivity index (χ4v) is 4.09. The van der Waals surface area contributed by atoms with Crippen LogP contribution in [0.5, 0.6) is 0 Å². The lowest BCUT2D eigenvalue weighted by molar-refractivity contribution is 0.0960. The number of amides is 1. The number of carbonyl (C=O) groups excluding carboxylic acids is 1. The van der Waals surface area contributed by atoms with Crippen molar-refractivity contribution in [3.05, 3.63) is 4.88 Å². The maximum Gasteiger partial charge on any atom is 0.263 e. The van der Waals surface area contributed by atoms with Crippen molar-refractivity contribution in [3.8, 4) is 0 Å². The predicted molar refractivity (Wildman–Crippen MR) is 84.3 cm³/mol. The van der Waals surface area contributed by atoms with E-state index in [1.807, 2.05) is 13.2 Å². The molecule has 6 heteroatoms. The van der Waals surface area contributed by atoms with Gasteiger partial charge in [0.15, 0.2) is 0 Å². The van der Waals surface area contributed by atoms with Crippen LogP contribution in [0.3, 0.4) is 0 Å². The van der Waals surface area contributed by atoms with Gasteiger partial charge in [0.2, 0.25) is 0 Å². The van der Waals surface area contributed by atoms with Gasteiger partial charge in [-0.2, -0.15) is 0 Å². The molecule has 0 saturated heterocycles. The van der Waals surface area contributed by atoms with Gasteiger partial charge in [-0.15, -0.1) is 23.1 Å². The van der Waals surface area contributed by atoms with E-state index in [0.717, 1.165) is 15.8 Å². The molecule has 1 fully saturated rings. The molecule has 0 aromatic carbocycles. The van der Waals surface area contributed by atoms with Gasteiger partial charge in [-0.05, 0) is 38.9 Å². The topological polar surface area (TPSA) is 67.2 Å². The molecule has 1 aliphatic rings. The van der Waals surface area contributed by atoms with Gasteiger partial charge < -0.3 is 16.4 Å². The number of nitrogens with two attached hydrogens (primary N) is 1. The number of nitrogen functional groups attached to an aromatic ring is 1. The van der Waals surface area contributed by atoms with Crippen molar-refractivity contribution in [2.75, 3.05) is 23.9 Å². The van der Waals surface area contributed by atoms with Crippen LogP contribution in [0, 0.1) is 5.92 Å². The van der Waals surface area contributed by atoms with Gasteiger partial charge in [0.05, 0.1) is 10.6 Å². The minimum Gasteiger partial charge on any atom is -0.396 e. The van der Waals surface area contributed by atoms with Crippen LogP contribution in [0.25, 0.3) is 0 Å². The molecular weight excluding hydrogens is 278 g/mol. The standard InChI is InChI=1S/C13H21N3OS2/c1-4-15-12(17)10-9(14)11(18-3)13(19-10)16-7(2)8-5-6-8/h7-8,16H,4-6,14H2,1-3H3,(H,15,17). The van der Waals surface area contributed by atoms with Crippen LogP contribution in [-0.2, 0) is 0 Å². The number of thiophene rings is 1. The molecule has 0 radical (unpaired) electrons. The predicted octanol–water partition coefficient (Wildman–Crippen LogP) is 3.01. The fraction of sp³-hybridized carbons (Fsp3) is 0.615. The Morgan fingerprint density at radius 1 is 1.58 bits per heavy atom. The highest BCUT2D eigenvalue weighted by atomic mass is 32.2. The number of nitrogens with one attached hydrogen (secondary N) is 2. The van der Waals surface area contributed by atoms with Crippen molar-refractivity contribution in [1.82, 2.24) is 5.32 Å². The third-order valence-corrected chi connectivity index (χ3v) is 5.43. The normalized spacial score (nSPS) is 16.2. The summed E-state index contributed by atoms with van der Waals surface area (Å²) < 4.78 is 0. The number of carbonyl (C=O) groups is 1. The van der Waals surface area contributed by atoms with Crippen molar-refractivity contribution in [3.63, 3.8) is 0 Å². The third-order valence-electron chi connectivity index (χ3n) is 3.34. The van der Waals surface area contributed by atoms with Crippen molar-refractivity contribution in [2.45, 2.75) is 37.6 Å². The number of anilines is 2. The molecule has 106 valence electrons.